The molecule has 0 unspecified atom stereocenters. The molecule has 0 fully saturated rings. The van der Waals surface area contributed by atoms with E-state index < -0.39 is 0 Å². The summed E-state index contributed by atoms with van der Waals surface area (Å²) in [7, 11) is 0. The predicted molar refractivity (Wildman–Crippen MR) is 130 cm³/mol. The van der Waals surface area contributed by atoms with E-state index in [-0.39, 0.29) is 0 Å². The number of pyridine rings is 2. The minimum Gasteiger partial charge on any atom is -0.316 e. The minimum atomic E-state index is 1.24. The largest absolute Gasteiger partial charge is 0.316 e. The molecule has 0 amide bonds. The molecule has 30 heavy (non-hydrogen) atoms. The van der Waals surface area contributed by atoms with Gasteiger partial charge in [-0.3, -0.25) is 0 Å². The van der Waals surface area contributed by atoms with E-state index in [1.54, 1.807) is 22.7 Å². The molecule has 0 aliphatic carbocycles. The maximum absolute atomic E-state index is 2.36. The number of aromatic nitrogens is 2. The zero-order chi connectivity index (χ0) is 19.7. The lowest BCUT2D eigenvalue weighted by atomic mass is 10.0. The lowest BCUT2D eigenvalue weighted by Crippen LogP contribution is -1.93. The van der Waals surface area contributed by atoms with Crippen molar-refractivity contribution in [3.05, 3.63) is 94.6 Å². The highest BCUT2D eigenvalue weighted by molar-refractivity contribution is 7.08. The van der Waals surface area contributed by atoms with Gasteiger partial charge >= 0.3 is 0 Å². The van der Waals surface area contributed by atoms with E-state index >= 15 is 0 Å². The second-order valence-corrected chi connectivity index (χ2v) is 9.20. The van der Waals surface area contributed by atoms with Gasteiger partial charge in [-0.2, -0.15) is 22.7 Å². The summed E-state index contributed by atoms with van der Waals surface area (Å²) in [6, 6.07) is 22.5. The summed E-state index contributed by atoms with van der Waals surface area (Å²) in [5.41, 5.74) is 7.52. The molecule has 142 valence electrons. The summed E-state index contributed by atoms with van der Waals surface area (Å²) >= 11 is 3.48. The Morgan fingerprint density at radius 2 is 1.07 bits per heavy atom. The van der Waals surface area contributed by atoms with Crippen molar-refractivity contribution in [1.82, 2.24) is 8.80 Å². The van der Waals surface area contributed by atoms with Crippen molar-refractivity contribution in [3.8, 4) is 22.5 Å². The van der Waals surface area contributed by atoms with E-state index in [1.165, 1.54) is 55.1 Å². The topological polar surface area (TPSA) is 8.82 Å². The van der Waals surface area contributed by atoms with E-state index in [1.807, 2.05) is 0 Å². The van der Waals surface area contributed by atoms with Gasteiger partial charge in [0.1, 0.15) is 0 Å². The predicted octanol–water partition coefficient (Wildman–Crippen LogP) is 7.96. The van der Waals surface area contributed by atoms with Gasteiger partial charge in [-0.05, 0) is 82.2 Å². The second-order valence-electron chi connectivity index (χ2n) is 7.64. The molecule has 0 N–H and O–H groups in total. The van der Waals surface area contributed by atoms with Crippen LogP contribution in [-0.4, -0.2) is 8.80 Å². The third kappa shape index (κ3) is 2.23. The molecule has 0 bridgehead atoms. The normalized spacial score (nSPS) is 12.0. The van der Waals surface area contributed by atoms with Gasteiger partial charge in [0.15, 0.2) is 0 Å². The highest BCUT2D eigenvalue weighted by Crippen LogP contribution is 2.36. The molecule has 0 aliphatic heterocycles. The SMILES string of the molecule is c1cc2c3cc4cc(-c5ccsc5)n5cccc5c4cc3cc(-c3ccsc3)n2c1. The molecule has 0 atom stereocenters. The third-order valence-electron chi connectivity index (χ3n) is 6.01. The van der Waals surface area contributed by atoms with Crippen LogP contribution in [0.25, 0.3) is 55.1 Å². The Morgan fingerprint density at radius 3 is 1.50 bits per heavy atom. The van der Waals surface area contributed by atoms with Crippen molar-refractivity contribution in [2.75, 3.05) is 0 Å². The van der Waals surface area contributed by atoms with Crippen LogP contribution < -0.4 is 0 Å². The average molecular weight is 421 g/mol. The molecule has 0 radical (unpaired) electrons. The van der Waals surface area contributed by atoms with Gasteiger partial charge in [-0.25, -0.2) is 0 Å². The molecule has 7 rings (SSSR count). The molecule has 7 aromatic rings. The van der Waals surface area contributed by atoms with Gasteiger partial charge in [0.05, 0.1) is 22.4 Å². The van der Waals surface area contributed by atoms with Gasteiger partial charge < -0.3 is 8.80 Å². The molecular weight excluding hydrogens is 404 g/mol. The maximum atomic E-state index is 2.36. The summed E-state index contributed by atoms with van der Waals surface area (Å²) in [4.78, 5) is 0. The Hall–Kier alpha value is -3.34. The van der Waals surface area contributed by atoms with Crippen LogP contribution in [0.2, 0.25) is 0 Å². The van der Waals surface area contributed by atoms with Crippen LogP contribution in [0.15, 0.2) is 94.6 Å². The zero-order valence-electron chi connectivity index (χ0n) is 15.9. The molecule has 1 aromatic carbocycles. The van der Waals surface area contributed by atoms with Gasteiger partial charge in [-0.1, -0.05) is 0 Å². The Bertz CT molecular complexity index is 1550. The maximum Gasteiger partial charge on any atom is 0.0542 e. The van der Waals surface area contributed by atoms with E-state index in [0.717, 1.165) is 0 Å². The smallest absolute Gasteiger partial charge is 0.0542 e. The number of rotatable bonds is 2. The van der Waals surface area contributed by atoms with Crippen LogP contribution >= 0.6 is 22.7 Å². The number of hydrogen-bond donors (Lipinski definition) is 0. The van der Waals surface area contributed by atoms with E-state index in [2.05, 4.69) is 103 Å². The number of fused-ring (bicyclic) bond motifs is 6. The number of benzene rings is 1. The Labute approximate surface area is 180 Å². The van der Waals surface area contributed by atoms with Crippen molar-refractivity contribution in [1.29, 1.82) is 0 Å². The molecule has 0 aliphatic rings. The molecule has 0 saturated heterocycles. The highest BCUT2D eigenvalue weighted by Gasteiger charge is 2.13. The van der Waals surface area contributed by atoms with Gasteiger partial charge in [0.25, 0.3) is 0 Å². The first-order valence-corrected chi connectivity index (χ1v) is 11.8. The molecule has 2 nitrogen and oxygen atoms in total. The molecule has 6 aromatic heterocycles. The molecule has 0 saturated carbocycles. The number of nitrogens with zero attached hydrogens (tertiary/aromatic N) is 2. The van der Waals surface area contributed by atoms with Crippen LogP contribution in [-0.2, 0) is 0 Å². The Morgan fingerprint density at radius 1 is 0.567 bits per heavy atom. The fourth-order valence-corrected chi connectivity index (χ4v) is 5.93. The van der Waals surface area contributed by atoms with Crippen molar-refractivity contribution < 1.29 is 0 Å². The van der Waals surface area contributed by atoms with Gasteiger partial charge in [0.2, 0.25) is 0 Å². The second kappa shape index (κ2) is 6.08. The lowest BCUT2D eigenvalue weighted by molar-refractivity contribution is 1.22. The Kier molecular flexibility index (Phi) is 3.34. The fraction of sp³-hybridized carbons (Fsp3) is 0. The quantitative estimate of drug-likeness (QED) is 0.251. The summed E-state index contributed by atoms with van der Waals surface area (Å²) in [6.07, 6.45) is 4.33. The summed E-state index contributed by atoms with van der Waals surface area (Å²) in [5, 5.41) is 13.9. The van der Waals surface area contributed by atoms with Crippen LogP contribution in [0.5, 0.6) is 0 Å². The average Bonchev–Trinajstić information content (AvgIpc) is 3.57. The monoisotopic (exact) mass is 420 g/mol. The summed E-state index contributed by atoms with van der Waals surface area (Å²) in [6.45, 7) is 0. The summed E-state index contributed by atoms with van der Waals surface area (Å²) in [5.74, 6) is 0. The van der Waals surface area contributed by atoms with Crippen LogP contribution in [0.3, 0.4) is 0 Å². The van der Waals surface area contributed by atoms with Crippen molar-refractivity contribution >= 4 is 55.3 Å². The third-order valence-corrected chi connectivity index (χ3v) is 7.37. The number of hydrogen-bond acceptors (Lipinski definition) is 2. The standard InChI is InChI=1S/C26H16N2S2/c1-3-23-21-11-20-14-26(18-6-10-30-16-18)28-8-2-4-24(28)22(20)12-19(21)13-25(27(23)7-1)17-5-9-29-15-17/h1-16H. The molecular formula is C26H16N2S2. The minimum absolute atomic E-state index is 1.24. The van der Waals surface area contributed by atoms with Crippen molar-refractivity contribution in [2.24, 2.45) is 0 Å². The van der Waals surface area contributed by atoms with Gasteiger partial charge in [-0.15, -0.1) is 0 Å². The lowest BCUT2D eigenvalue weighted by Gasteiger charge is -2.13. The van der Waals surface area contributed by atoms with E-state index in [0.29, 0.717) is 0 Å². The molecule has 4 heteroatoms. The van der Waals surface area contributed by atoms with Crippen molar-refractivity contribution in [2.45, 2.75) is 0 Å². The highest BCUT2D eigenvalue weighted by atomic mass is 32.1. The first-order valence-electron chi connectivity index (χ1n) is 9.90. The molecule has 0 spiro atoms. The first kappa shape index (κ1) is 16.5. The van der Waals surface area contributed by atoms with Crippen LogP contribution in [0.4, 0.5) is 0 Å². The van der Waals surface area contributed by atoms with E-state index in [9.17, 15) is 0 Å². The van der Waals surface area contributed by atoms with Crippen LogP contribution in [0.1, 0.15) is 0 Å². The van der Waals surface area contributed by atoms with Crippen molar-refractivity contribution in [3.63, 3.8) is 0 Å². The van der Waals surface area contributed by atoms with Crippen LogP contribution in [0, 0.1) is 0 Å². The van der Waals surface area contributed by atoms with Gasteiger partial charge in [0, 0.05) is 45.1 Å². The number of thiophene rings is 2. The zero-order valence-corrected chi connectivity index (χ0v) is 17.6. The summed E-state index contributed by atoms with van der Waals surface area (Å²) < 4.78 is 4.62. The van der Waals surface area contributed by atoms with E-state index in [4.69, 9.17) is 0 Å². The molecule has 6 heterocycles. The fourth-order valence-electron chi connectivity index (χ4n) is 4.64. The first-order chi connectivity index (χ1) is 14.9. The Balaban J connectivity index is 1.63.